The summed E-state index contributed by atoms with van der Waals surface area (Å²) in [5.74, 6) is 5.47. The lowest BCUT2D eigenvalue weighted by Gasteiger charge is -2.17. The van der Waals surface area contributed by atoms with Crippen LogP contribution < -0.4 is 11.3 Å². The number of aromatic nitrogens is 1. The van der Waals surface area contributed by atoms with Crippen LogP contribution in [0.25, 0.3) is 10.8 Å². The average Bonchev–Trinajstić information content (AvgIpc) is 2.42. The molecule has 3 N–H and O–H groups in total. The number of hydrogen-bond donors (Lipinski definition) is 2. The number of nitrogens with two attached hydrogens (primary N) is 1. The van der Waals surface area contributed by atoms with E-state index < -0.39 is 12.6 Å². The van der Waals surface area contributed by atoms with Gasteiger partial charge < -0.3 is 0 Å². The Labute approximate surface area is 115 Å². The highest BCUT2D eigenvalue weighted by atomic mass is 19.4. The van der Waals surface area contributed by atoms with Crippen molar-refractivity contribution in [3.05, 3.63) is 42.2 Å². The van der Waals surface area contributed by atoms with Gasteiger partial charge in [0, 0.05) is 18.0 Å². The molecule has 0 saturated heterocycles. The summed E-state index contributed by atoms with van der Waals surface area (Å²) in [7, 11) is 0. The van der Waals surface area contributed by atoms with Gasteiger partial charge in [-0.25, -0.2) is 0 Å². The van der Waals surface area contributed by atoms with E-state index in [1.165, 1.54) is 0 Å². The molecule has 0 aliphatic rings. The van der Waals surface area contributed by atoms with Crippen molar-refractivity contribution in [1.82, 2.24) is 10.4 Å². The molecule has 0 fully saturated rings. The van der Waals surface area contributed by atoms with Crippen molar-refractivity contribution >= 4 is 10.8 Å². The van der Waals surface area contributed by atoms with E-state index in [4.69, 9.17) is 5.84 Å². The molecule has 0 radical (unpaired) electrons. The summed E-state index contributed by atoms with van der Waals surface area (Å²) in [5, 5.41) is 1.90. The van der Waals surface area contributed by atoms with E-state index >= 15 is 0 Å². The largest absolute Gasteiger partial charge is 0.389 e. The Bertz CT molecular complexity index is 564. The first kappa shape index (κ1) is 14.7. The van der Waals surface area contributed by atoms with Crippen LogP contribution in [0.4, 0.5) is 13.2 Å². The predicted octanol–water partition coefficient (Wildman–Crippen LogP) is 3.47. The maximum Gasteiger partial charge on any atom is 0.389 e. The quantitative estimate of drug-likeness (QED) is 0.652. The van der Waals surface area contributed by atoms with Crippen molar-refractivity contribution in [1.29, 1.82) is 0 Å². The maximum atomic E-state index is 12.2. The van der Waals surface area contributed by atoms with E-state index in [0.29, 0.717) is 5.69 Å². The van der Waals surface area contributed by atoms with E-state index in [1.807, 2.05) is 30.3 Å². The summed E-state index contributed by atoms with van der Waals surface area (Å²) < 4.78 is 36.6. The molecular formula is C14H16F3N3. The summed E-state index contributed by atoms with van der Waals surface area (Å²) >= 11 is 0. The van der Waals surface area contributed by atoms with Crippen molar-refractivity contribution in [3.63, 3.8) is 0 Å². The molecule has 1 heterocycles. The molecule has 0 bridgehead atoms. The van der Waals surface area contributed by atoms with Gasteiger partial charge in [0.2, 0.25) is 0 Å². The molecule has 0 saturated carbocycles. The molecule has 1 aromatic heterocycles. The first-order valence-electron chi connectivity index (χ1n) is 6.38. The van der Waals surface area contributed by atoms with Gasteiger partial charge in [0.15, 0.2) is 0 Å². The van der Waals surface area contributed by atoms with Crippen molar-refractivity contribution < 1.29 is 13.2 Å². The summed E-state index contributed by atoms with van der Waals surface area (Å²) in [6.07, 6.45) is -2.99. The molecule has 20 heavy (non-hydrogen) atoms. The number of fused-ring (bicyclic) bond motifs is 1. The van der Waals surface area contributed by atoms with Crippen LogP contribution in [0.5, 0.6) is 0 Å². The van der Waals surface area contributed by atoms with E-state index in [2.05, 4.69) is 10.4 Å². The number of nitrogens with one attached hydrogen (secondary N) is 1. The number of rotatable bonds is 5. The monoisotopic (exact) mass is 283 g/mol. The summed E-state index contributed by atoms with van der Waals surface area (Å²) in [6, 6.07) is 9.08. The Morgan fingerprint density at radius 1 is 1.20 bits per heavy atom. The van der Waals surface area contributed by atoms with Crippen LogP contribution in [-0.2, 0) is 0 Å². The molecule has 108 valence electrons. The zero-order valence-corrected chi connectivity index (χ0v) is 10.8. The number of nitrogens with zero attached hydrogens (tertiary/aromatic N) is 1. The molecule has 0 spiro atoms. The summed E-state index contributed by atoms with van der Waals surface area (Å²) in [6.45, 7) is 0. The highest BCUT2D eigenvalue weighted by Gasteiger charge is 2.27. The van der Waals surface area contributed by atoms with Crippen LogP contribution >= 0.6 is 0 Å². The Morgan fingerprint density at radius 3 is 2.65 bits per heavy atom. The summed E-state index contributed by atoms with van der Waals surface area (Å²) in [4.78, 5) is 4.27. The minimum atomic E-state index is -4.13. The van der Waals surface area contributed by atoms with Gasteiger partial charge in [0.25, 0.3) is 0 Å². The predicted molar refractivity (Wildman–Crippen MR) is 71.7 cm³/mol. The number of benzene rings is 1. The molecule has 1 unspecified atom stereocenters. The average molecular weight is 283 g/mol. The fraction of sp³-hybridized carbons (Fsp3) is 0.357. The van der Waals surface area contributed by atoms with Crippen molar-refractivity contribution in [3.8, 4) is 0 Å². The van der Waals surface area contributed by atoms with Crippen LogP contribution in [-0.4, -0.2) is 11.2 Å². The topological polar surface area (TPSA) is 50.9 Å². The first-order valence-corrected chi connectivity index (χ1v) is 6.38. The van der Waals surface area contributed by atoms with Crippen molar-refractivity contribution in [2.75, 3.05) is 0 Å². The minimum absolute atomic E-state index is 0.0171. The Morgan fingerprint density at radius 2 is 1.95 bits per heavy atom. The van der Waals surface area contributed by atoms with E-state index in [1.54, 1.807) is 6.20 Å². The molecule has 0 aliphatic heterocycles. The smallest absolute Gasteiger partial charge is 0.271 e. The molecule has 1 aromatic carbocycles. The van der Waals surface area contributed by atoms with Gasteiger partial charge in [0.1, 0.15) is 0 Å². The lowest BCUT2D eigenvalue weighted by molar-refractivity contribution is -0.135. The van der Waals surface area contributed by atoms with Crippen LogP contribution in [0.1, 0.15) is 31.0 Å². The normalized spacial score (nSPS) is 13.6. The molecule has 2 rings (SSSR count). The molecule has 1 atom stereocenters. The van der Waals surface area contributed by atoms with Gasteiger partial charge in [-0.2, -0.15) is 13.2 Å². The first-order chi connectivity index (χ1) is 9.51. The third-order valence-electron chi connectivity index (χ3n) is 3.19. The fourth-order valence-corrected chi connectivity index (χ4v) is 2.23. The minimum Gasteiger partial charge on any atom is -0.271 e. The maximum absolute atomic E-state index is 12.2. The molecule has 6 heteroatoms. The van der Waals surface area contributed by atoms with Crippen LogP contribution in [0.15, 0.2) is 36.5 Å². The van der Waals surface area contributed by atoms with Crippen LogP contribution in [0.2, 0.25) is 0 Å². The second-order valence-electron chi connectivity index (χ2n) is 4.64. The second kappa shape index (κ2) is 6.19. The third-order valence-corrected chi connectivity index (χ3v) is 3.19. The molecule has 0 amide bonds. The third kappa shape index (κ3) is 3.68. The van der Waals surface area contributed by atoms with Gasteiger partial charge in [-0.1, -0.05) is 24.3 Å². The number of halogens is 3. The zero-order chi connectivity index (χ0) is 14.6. The van der Waals surface area contributed by atoms with Gasteiger partial charge >= 0.3 is 6.18 Å². The lowest BCUT2D eigenvalue weighted by Crippen LogP contribution is -2.29. The van der Waals surface area contributed by atoms with E-state index in [-0.39, 0.29) is 18.9 Å². The SMILES string of the molecule is NNC(CCCC(F)(F)F)c1nccc2ccccc12. The highest BCUT2D eigenvalue weighted by Crippen LogP contribution is 2.28. The standard InChI is InChI=1S/C14H16F3N3/c15-14(16,17)8-3-6-12(20-18)13-11-5-2-1-4-10(11)7-9-19-13/h1-2,4-5,7,9,12,20H,3,6,8,18H2. The number of pyridine rings is 1. The Hall–Kier alpha value is -1.66. The van der Waals surface area contributed by atoms with Gasteiger partial charge in [-0.15, -0.1) is 0 Å². The zero-order valence-electron chi connectivity index (χ0n) is 10.8. The molecule has 3 nitrogen and oxygen atoms in total. The van der Waals surface area contributed by atoms with E-state index in [0.717, 1.165) is 10.8 Å². The highest BCUT2D eigenvalue weighted by molar-refractivity contribution is 5.84. The molecule has 0 aliphatic carbocycles. The van der Waals surface area contributed by atoms with E-state index in [9.17, 15) is 13.2 Å². The Kier molecular flexibility index (Phi) is 4.57. The van der Waals surface area contributed by atoms with Gasteiger partial charge in [-0.05, 0) is 24.3 Å². The number of hydrazine groups is 1. The molecule has 2 aromatic rings. The number of alkyl halides is 3. The van der Waals surface area contributed by atoms with Gasteiger partial charge in [-0.3, -0.25) is 16.3 Å². The lowest BCUT2D eigenvalue weighted by atomic mass is 10.0. The second-order valence-corrected chi connectivity index (χ2v) is 4.64. The molecular weight excluding hydrogens is 267 g/mol. The van der Waals surface area contributed by atoms with Gasteiger partial charge in [0.05, 0.1) is 11.7 Å². The summed E-state index contributed by atoms with van der Waals surface area (Å²) in [5.41, 5.74) is 3.25. The van der Waals surface area contributed by atoms with Crippen molar-refractivity contribution in [2.45, 2.75) is 31.5 Å². The van der Waals surface area contributed by atoms with Crippen LogP contribution in [0.3, 0.4) is 0 Å². The fourth-order valence-electron chi connectivity index (χ4n) is 2.23. The van der Waals surface area contributed by atoms with Crippen LogP contribution in [0, 0.1) is 0 Å². The number of hydrogen-bond acceptors (Lipinski definition) is 3. The van der Waals surface area contributed by atoms with Crippen molar-refractivity contribution in [2.24, 2.45) is 5.84 Å². The Balaban J connectivity index is 2.17.